The lowest BCUT2D eigenvalue weighted by Gasteiger charge is -2.14. The number of carbonyl (C=O) groups is 2. The van der Waals surface area contributed by atoms with Crippen LogP contribution >= 0.6 is 0 Å². The van der Waals surface area contributed by atoms with E-state index in [0.29, 0.717) is 19.4 Å². The summed E-state index contributed by atoms with van der Waals surface area (Å²) in [5.41, 5.74) is 5.30. The first-order chi connectivity index (χ1) is 7.65. The summed E-state index contributed by atoms with van der Waals surface area (Å²) in [6.07, 6.45) is 4.61. The minimum Gasteiger partial charge on any atom is -0.330 e. The Balaban J connectivity index is 4.02. The van der Waals surface area contributed by atoms with E-state index >= 15 is 0 Å². The number of carbonyl (C=O) groups excluding carboxylic acids is 2. The van der Waals surface area contributed by atoms with Crippen LogP contribution < -0.4 is 11.1 Å². The van der Waals surface area contributed by atoms with Crippen molar-refractivity contribution in [3.63, 3.8) is 0 Å². The molecule has 0 aliphatic heterocycles. The van der Waals surface area contributed by atoms with Gasteiger partial charge in [-0.05, 0) is 25.8 Å². The van der Waals surface area contributed by atoms with Gasteiger partial charge in [-0.3, -0.25) is 14.9 Å². The van der Waals surface area contributed by atoms with Crippen LogP contribution in [0.4, 0.5) is 0 Å². The van der Waals surface area contributed by atoms with Crippen molar-refractivity contribution in [1.82, 2.24) is 5.32 Å². The monoisotopic (exact) mass is 228 g/mol. The lowest BCUT2D eigenvalue weighted by atomic mass is 9.97. The molecular formula is C12H24N2O2. The lowest BCUT2D eigenvalue weighted by molar-refractivity contribution is -0.133. The Hall–Kier alpha value is -0.900. The van der Waals surface area contributed by atoms with E-state index in [9.17, 15) is 9.59 Å². The molecule has 0 unspecified atom stereocenters. The molecule has 0 bridgehead atoms. The predicted molar refractivity (Wildman–Crippen MR) is 64.7 cm³/mol. The standard InChI is InChI=1S/C12H24N2O2/c1-3-6-10(7-4-2)12(16)14-11(15)8-5-9-13/h10H,3-9,13H2,1-2H3,(H,14,15,16). The zero-order valence-electron chi connectivity index (χ0n) is 10.4. The van der Waals surface area contributed by atoms with E-state index in [2.05, 4.69) is 5.32 Å². The second-order valence-electron chi connectivity index (χ2n) is 4.08. The molecule has 4 nitrogen and oxygen atoms in total. The van der Waals surface area contributed by atoms with E-state index in [1.807, 2.05) is 13.8 Å². The lowest BCUT2D eigenvalue weighted by Crippen LogP contribution is -2.35. The average molecular weight is 228 g/mol. The van der Waals surface area contributed by atoms with E-state index in [1.165, 1.54) is 0 Å². The van der Waals surface area contributed by atoms with E-state index in [1.54, 1.807) is 0 Å². The summed E-state index contributed by atoms with van der Waals surface area (Å²) in [7, 11) is 0. The van der Waals surface area contributed by atoms with E-state index in [0.717, 1.165) is 25.7 Å². The Morgan fingerprint density at radius 1 is 1.19 bits per heavy atom. The normalized spacial score (nSPS) is 10.5. The van der Waals surface area contributed by atoms with Crippen molar-refractivity contribution in [2.24, 2.45) is 11.7 Å². The van der Waals surface area contributed by atoms with Crippen LogP contribution in [-0.4, -0.2) is 18.4 Å². The molecule has 0 aromatic rings. The Labute approximate surface area is 98.0 Å². The Morgan fingerprint density at radius 3 is 2.19 bits per heavy atom. The summed E-state index contributed by atoms with van der Waals surface area (Å²) in [4.78, 5) is 23.1. The highest BCUT2D eigenvalue weighted by atomic mass is 16.2. The van der Waals surface area contributed by atoms with Gasteiger partial charge in [-0.25, -0.2) is 0 Å². The van der Waals surface area contributed by atoms with Gasteiger partial charge in [0, 0.05) is 12.3 Å². The molecule has 0 saturated carbocycles. The first-order valence-corrected chi connectivity index (χ1v) is 6.19. The number of amides is 2. The third kappa shape index (κ3) is 6.56. The maximum absolute atomic E-state index is 11.7. The minimum absolute atomic E-state index is 0.0168. The molecule has 0 saturated heterocycles. The number of rotatable bonds is 8. The smallest absolute Gasteiger partial charge is 0.229 e. The molecule has 0 atom stereocenters. The number of hydrogen-bond donors (Lipinski definition) is 2. The molecule has 0 spiro atoms. The van der Waals surface area contributed by atoms with Crippen LogP contribution in [0.15, 0.2) is 0 Å². The Kier molecular flexibility index (Phi) is 8.81. The molecule has 0 heterocycles. The van der Waals surface area contributed by atoms with Gasteiger partial charge in [-0.1, -0.05) is 26.7 Å². The van der Waals surface area contributed by atoms with Gasteiger partial charge < -0.3 is 5.73 Å². The Bertz CT molecular complexity index is 211. The van der Waals surface area contributed by atoms with Crippen molar-refractivity contribution in [2.45, 2.75) is 52.4 Å². The molecule has 16 heavy (non-hydrogen) atoms. The van der Waals surface area contributed by atoms with Crippen molar-refractivity contribution >= 4 is 11.8 Å². The number of hydrogen-bond acceptors (Lipinski definition) is 3. The quantitative estimate of drug-likeness (QED) is 0.662. The van der Waals surface area contributed by atoms with E-state index in [-0.39, 0.29) is 17.7 Å². The van der Waals surface area contributed by atoms with Crippen LogP contribution in [0.25, 0.3) is 0 Å². The van der Waals surface area contributed by atoms with Crippen molar-refractivity contribution < 1.29 is 9.59 Å². The summed E-state index contributed by atoms with van der Waals surface area (Å²) in [5.74, 6) is -0.338. The van der Waals surface area contributed by atoms with Crippen LogP contribution in [0.1, 0.15) is 52.4 Å². The molecule has 94 valence electrons. The van der Waals surface area contributed by atoms with Gasteiger partial charge in [-0.2, -0.15) is 0 Å². The van der Waals surface area contributed by atoms with Gasteiger partial charge in [0.15, 0.2) is 0 Å². The molecule has 0 fully saturated rings. The number of imide groups is 1. The summed E-state index contributed by atoms with van der Waals surface area (Å²) < 4.78 is 0. The molecule has 0 radical (unpaired) electrons. The van der Waals surface area contributed by atoms with Gasteiger partial charge in [0.25, 0.3) is 0 Å². The largest absolute Gasteiger partial charge is 0.330 e. The van der Waals surface area contributed by atoms with E-state index in [4.69, 9.17) is 5.73 Å². The van der Waals surface area contributed by atoms with Crippen LogP contribution in [0.3, 0.4) is 0 Å². The van der Waals surface area contributed by atoms with Crippen molar-refractivity contribution in [3.05, 3.63) is 0 Å². The molecule has 4 heteroatoms. The molecule has 0 aliphatic carbocycles. The third-order valence-corrected chi connectivity index (χ3v) is 2.52. The van der Waals surface area contributed by atoms with Crippen LogP contribution in [0.5, 0.6) is 0 Å². The fraction of sp³-hybridized carbons (Fsp3) is 0.833. The molecule has 2 amide bonds. The van der Waals surface area contributed by atoms with Crippen molar-refractivity contribution in [3.8, 4) is 0 Å². The highest BCUT2D eigenvalue weighted by Gasteiger charge is 2.18. The fourth-order valence-corrected chi connectivity index (χ4v) is 1.67. The van der Waals surface area contributed by atoms with E-state index < -0.39 is 0 Å². The number of nitrogens with two attached hydrogens (primary N) is 1. The molecule has 0 aliphatic rings. The zero-order valence-corrected chi connectivity index (χ0v) is 10.4. The fourth-order valence-electron chi connectivity index (χ4n) is 1.67. The van der Waals surface area contributed by atoms with Gasteiger partial charge >= 0.3 is 0 Å². The average Bonchev–Trinajstić information content (AvgIpc) is 2.26. The zero-order chi connectivity index (χ0) is 12.4. The Morgan fingerprint density at radius 2 is 1.75 bits per heavy atom. The highest BCUT2D eigenvalue weighted by Crippen LogP contribution is 2.13. The summed E-state index contributed by atoms with van der Waals surface area (Å²) in [6.45, 7) is 4.58. The second kappa shape index (κ2) is 9.33. The second-order valence-corrected chi connectivity index (χ2v) is 4.08. The maximum atomic E-state index is 11.7. The maximum Gasteiger partial charge on any atom is 0.229 e. The first kappa shape index (κ1) is 15.1. The van der Waals surface area contributed by atoms with Gasteiger partial charge in [0.05, 0.1) is 0 Å². The predicted octanol–water partition coefficient (Wildman–Crippen LogP) is 1.58. The van der Waals surface area contributed by atoms with Crippen molar-refractivity contribution in [1.29, 1.82) is 0 Å². The van der Waals surface area contributed by atoms with Gasteiger partial charge in [-0.15, -0.1) is 0 Å². The molecule has 0 aromatic heterocycles. The van der Waals surface area contributed by atoms with Crippen LogP contribution in [0.2, 0.25) is 0 Å². The van der Waals surface area contributed by atoms with Crippen LogP contribution in [-0.2, 0) is 9.59 Å². The van der Waals surface area contributed by atoms with Crippen molar-refractivity contribution in [2.75, 3.05) is 6.54 Å². The molecule has 3 N–H and O–H groups in total. The summed E-state index contributed by atoms with van der Waals surface area (Å²) in [5, 5.41) is 2.45. The highest BCUT2D eigenvalue weighted by molar-refractivity contribution is 5.96. The van der Waals surface area contributed by atoms with Gasteiger partial charge in [0.1, 0.15) is 0 Å². The SMILES string of the molecule is CCCC(CCC)C(=O)NC(=O)CCCN. The topological polar surface area (TPSA) is 72.2 Å². The molecular weight excluding hydrogens is 204 g/mol. The van der Waals surface area contributed by atoms with Gasteiger partial charge in [0.2, 0.25) is 11.8 Å². The summed E-state index contributed by atoms with van der Waals surface area (Å²) >= 11 is 0. The third-order valence-electron chi connectivity index (χ3n) is 2.52. The first-order valence-electron chi connectivity index (χ1n) is 6.19. The summed E-state index contributed by atoms with van der Waals surface area (Å²) in [6, 6.07) is 0. The number of nitrogens with one attached hydrogen (secondary N) is 1. The van der Waals surface area contributed by atoms with Crippen LogP contribution in [0, 0.1) is 5.92 Å². The minimum atomic E-state index is -0.201. The molecule has 0 aromatic carbocycles. The molecule has 0 rings (SSSR count).